The molecule has 1 aromatic rings. The first kappa shape index (κ1) is 13.4. The number of likely N-dealkylation sites (tertiary alicyclic amines) is 1. The van der Waals surface area contributed by atoms with Crippen LogP contribution < -0.4 is 5.32 Å². The smallest absolute Gasteiger partial charge is 0.131 e. The van der Waals surface area contributed by atoms with Crippen molar-refractivity contribution in [2.45, 2.75) is 38.8 Å². The molecule has 0 unspecified atom stereocenters. The van der Waals surface area contributed by atoms with E-state index >= 15 is 0 Å². The molecule has 0 spiro atoms. The van der Waals surface area contributed by atoms with Gasteiger partial charge in [-0.15, -0.1) is 0 Å². The van der Waals surface area contributed by atoms with Gasteiger partial charge in [0.2, 0.25) is 0 Å². The topological polar surface area (TPSA) is 33.1 Å². The van der Waals surface area contributed by atoms with Crippen molar-refractivity contribution in [3.05, 3.63) is 16.4 Å². The van der Waals surface area contributed by atoms with Gasteiger partial charge in [-0.25, -0.2) is 0 Å². The molecule has 0 bridgehead atoms. The quantitative estimate of drug-likeness (QED) is 0.900. The van der Waals surface area contributed by atoms with Crippen LogP contribution in [0.5, 0.6) is 0 Å². The van der Waals surface area contributed by atoms with Crippen molar-refractivity contribution in [1.82, 2.24) is 20.0 Å². The summed E-state index contributed by atoms with van der Waals surface area (Å²) >= 11 is 6.33. The van der Waals surface area contributed by atoms with Gasteiger partial charge in [-0.1, -0.05) is 11.6 Å². The number of aryl methyl sites for hydroxylation is 2. The van der Waals surface area contributed by atoms with Crippen LogP contribution in [0.2, 0.25) is 5.15 Å². The second-order valence-electron chi connectivity index (χ2n) is 5.97. The minimum absolute atomic E-state index is 0.746. The van der Waals surface area contributed by atoms with Crippen molar-refractivity contribution in [1.29, 1.82) is 0 Å². The van der Waals surface area contributed by atoms with Crippen LogP contribution in [-0.4, -0.2) is 40.4 Å². The SMILES string of the molecule is Cc1nn(C)c(Cl)c1CN1CC[C@@H]2NCCC[C@@H]2C1. The molecule has 0 aromatic carbocycles. The lowest BCUT2D eigenvalue weighted by Crippen LogP contribution is -2.51. The summed E-state index contributed by atoms with van der Waals surface area (Å²) in [7, 11) is 1.91. The highest BCUT2D eigenvalue weighted by atomic mass is 35.5. The lowest BCUT2D eigenvalue weighted by atomic mass is 9.85. The maximum atomic E-state index is 6.33. The first-order chi connectivity index (χ1) is 9.15. The zero-order chi connectivity index (χ0) is 13.4. The van der Waals surface area contributed by atoms with Crippen LogP contribution in [0.1, 0.15) is 30.5 Å². The molecule has 19 heavy (non-hydrogen) atoms. The third-order valence-electron chi connectivity index (χ3n) is 4.63. The average molecular weight is 283 g/mol. The molecule has 2 aliphatic heterocycles. The molecule has 0 saturated carbocycles. The normalized spacial score (nSPS) is 28.4. The van der Waals surface area contributed by atoms with Gasteiger partial charge in [-0.3, -0.25) is 9.58 Å². The fourth-order valence-corrected chi connectivity index (χ4v) is 3.78. The molecule has 2 fully saturated rings. The lowest BCUT2D eigenvalue weighted by Gasteiger charge is -2.41. The Bertz CT molecular complexity index is 457. The monoisotopic (exact) mass is 282 g/mol. The summed E-state index contributed by atoms with van der Waals surface area (Å²) in [6.45, 7) is 6.56. The van der Waals surface area contributed by atoms with Crippen LogP contribution in [0.15, 0.2) is 0 Å². The van der Waals surface area contributed by atoms with E-state index in [1.165, 1.54) is 44.5 Å². The molecule has 1 N–H and O–H groups in total. The third kappa shape index (κ3) is 2.67. The van der Waals surface area contributed by atoms with Gasteiger partial charge in [0.1, 0.15) is 5.15 Å². The first-order valence-electron chi connectivity index (χ1n) is 7.29. The zero-order valence-electron chi connectivity index (χ0n) is 11.8. The van der Waals surface area contributed by atoms with Crippen molar-refractivity contribution in [2.24, 2.45) is 13.0 Å². The second-order valence-corrected chi connectivity index (χ2v) is 6.32. The van der Waals surface area contributed by atoms with E-state index in [1.807, 2.05) is 7.05 Å². The minimum Gasteiger partial charge on any atom is -0.314 e. The van der Waals surface area contributed by atoms with Crippen molar-refractivity contribution in [2.75, 3.05) is 19.6 Å². The molecule has 5 heteroatoms. The molecule has 4 nitrogen and oxygen atoms in total. The molecule has 0 radical (unpaired) electrons. The molecule has 1 aromatic heterocycles. The number of fused-ring (bicyclic) bond motifs is 1. The van der Waals surface area contributed by atoms with Crippen molar-refractivity contribution in [3.63, 3.8) is 0 Å². The van der Waals surface area contributed by atoms with E-state index in [2.05, 4.69) is 22.2 Å². The highest BCUT2D eigenvalue weighted by Gasteiger charge is 2.31. The second kappa shape index (κ2) is 5.43. The molecule has 2 atom stereocenters. The number of aromatic nitrogens is 2. The van der Waals surface area contributed by atoms with Crippen LogP contribution in [0.25, 0.3) is 0 Å². The summed E-state index contributed by atoms with van der Waals surface area (Å²) in [5.41, 5.74) is 2.27. The van der Waals surface area contributed by atoms with Crippen molar-refractivity contribution >= 4 is 11.6 Å². The molecule has 2 aliphatic rings. The Hall–Kier alpha value is -0.580. The number of rotatable bonds is 2. The Morgan fingerprint density at radius 1 is 1.42 bits per heavy atom. The van der Waals surface area contributed by atoms with Gasteiger partial charge >= 0.3 is 0 Å². The fraction of sp³-hybridized carbons (Fsp3) is 0.786. The molecule has 0 aliphatic carbocycles. The third-order valence-corrected chi connectivity index (χ3v) is 5.10. The van der Waals surface area contributed by atoms with Crippen molar-refractivity contribution in [3.8, 4) is 0 Å². The number of hydrogen-bond acceptors (Lipinski definition) is 3. The predicted molar refractivity (Wildman–Crippen MR) is 77.4 cm³/mol. The molecular formula is C14H23ClN4. The maximum absolute atomic E-state index is 6.33. The van der Waals surface area contributed by atoms with Crippen LogP contribution in [0.4, 0.5) is 0 Å². The first-order valence-corrected chi connectivity index (χ1v) is 7.66. The summed E-state index contributed by atoms with van der Waals surface area (Å²) in [6.07, 6.45) is 3.96. The van der Waals surface area contributed by atoms with Gasteiger partial charge in [0.15, 0.2) is 0 Å². The zero-order valence-corrected chi connectivity index (χ0v) is 12.6. The molecular weight excluding hydrogens is 260 g/mol. The van der Waals surface area contributed by atoms with E-state index in [1.54, 1.807) is 4.68 Å². The van der Waals surface area contributed by atoms with Gasteiger partial charge in [0.05, 0.1) is 5.69 Å². The summed E-state index contributed by atoms with van der Waals surface area (Å²) in [6, 6.07) is 0.746. The molecule has 2 saturated heterocycles. The Morgan fingerprint density at radius 2 is 2.26 bits per heavy atom. The van der Waals surface area contributed by atoms with E-state index in [4.69, 9.17) is 11.6 Å². The van der Waals surface area contributed by atoms with Crippen LogP contribution in [0, 0.1) is 12.8 Å². The van der Waals surface area contributed by atoms with Crippen LogP contribution >= 0.6 is 11.6 Å². The van der Waals surface area contributed by atoms with Gasteiger partial charge in [-0.2, -0.15) is 5.10 Å². The number of hydrogen-bond donors (Lipinski definition) is 1. The van der Waals surface area contributed by atoms with E-state index in [0.29, 0.717) is 0 Å². The molecule has 0 amide bonds. The van der Waals surface area contributed by atoms with E-state index in [-0.39, 0.29) is 0 Å². The Morgan fingerprint density at radius 3 is 3.00 bits per heavy atom. The van der Waals surface area contributed by atoms with Gasteiger partial charge < -0.3 is 5.32 Å². The maximum Gasteiger partial charge on any atom is 0.131 e. The van der Waals surface area contributed by atoms with Crippen LogP contribution in [-0.2, 0) is 13.6 Å². The largest absolute Gasteiger partial charge is 0.314 e. The lowest BCUT2D eigenvalue weighted by molar-refractivity contribution is 0.109. The summed E-state index contributed by atoms with van der Waals surface area (Å²) in [5, 5.41) is 8.86. The van der Waals surface area contributed by atoms with Gasteiger partial charge in [-0.05, 0) is 45.2 Å². The number of nitrogens with zero attached hydrogens (tertiary/aromatic N) is 3. The summed E-state index contributed by atoms with van der Waals surface area (Å²) in [5.74, 6) is 0.818. The molecule has 106 valence electrons. The Labute approximate surface area is 120 Å². The average Bonchev–Trinajstić information content (AvgIpc) is 2.65. The van der Waals surface area contributed by atoms with Gasteiger partial charge in [0.25, 0.3) is 0 Å². The Kier molecular flexibility index (Phi) is 3.83. The number of nitrogens with one attached hydrogen (secondary N) is 1. The van der Waals surface area contributed by atoms with E-state index < -0.39 is 0 Å². The van der Waals surface area contributed by atoms with Crippen LogP contribution in [0.3, 0.4) is 0 Å². The minimum atomic E-state index is 0.746. The highest BCUT2D eigenvalue weighted by Crippen LogP contribution is 2.27. The summed E-state index contributed by atoms with van der Waals surface area (Å²) < 4.78 is 1.78. The highest BCUT2D eigenvalue weighted by molar-refractivity contribution is 6.30. The standard InChI is InChI=1S/C14H23ClN4/c1-10-12(14(15)18(2)17-10)9-19-7-5-13-11(8-19)4-3-6-16-13/h11,13,16H,3-9H2,1-2H3/t11-,13+/m1/s1. The number of piperidine rings is 2. The predicted octanol–water partition coefficient (Wildman–Crippen LogP) is 1.96. The van der Waals surface area contributed by atoms with E-state index in [9.17, 15) is 0 Å². The van der Waals surface area contributed by atoms with Gasteiger partial charge in [0, 0.05) is 31.7 Å². The summed E-state index contributed by atoms with van der Waals surface area (Å²) in [4.78, 5) is 2.55. The number of halogens is 1. The molecule has 3 heterocycles. The van der Waals surface area contributed by atoms with Crippen molar-refractivity contribution < 1.29 is 0 Å². The Balaban J connectivity index is 1.67. The fourth-order valence-electron chi connectivity index (χ4n) is 3.54. The van der Waals surface area contributed by atoms with E-state index in [0.717, 1.165) is 29.4 Å². The molecule has 3 rings (SSSR count).